The predicted octanol–water partition coefficient (Wildman–Crippen LogP) is 28.0. The van der Waals surface area contributed by atoms with Crippen molar-refractivity contribution in [3.05, 3.63) is 91.0 Å². The van der Waals surface area contributed by atoms with Gasteiger partial charge in [-0.2, -0.15) is 0 Å². The van der Waals surface area contributed by atoms with Crippen LogP contribution >= 0.6 is 51.1 Å². The van der Waals surface area contributed by atoms with Crippen molar-refractivity contribution in [3.63, 3.8) is 0 Å². The second kappa shape index (κ2) is 56.2. The molecule has 0 atom stereocenters. The third-order valence-electron chi connectivity index (χ3n) is 22.0. The fourth-order valence-electron chi connectivity index (χ4n) is 15.8. The number of hydrogen-bond donors (Lipinski definition) is 3. The number of aromatic hydroxyl groups is 3. The zero-order valence-corrected chi connectivity index (χ0v) is 72.8. The Hall–Kier alpha value is -0.141. The predicted molar refractivity (Wildman–Crippen MR) is 413 cm³/mol. The Kier molecular flexibility index (Phi) is 51.7. The number of nitro benzene ring substituents is 1. The standard InChI is InChI=1S/2C27H43NO.C26H40N2O3.6ClH.3Zr/c1-21-14-17-24(18-15-21)28-20-26-22(2)16-19-25(27(26)29)23-12-10-8-6-4-3-5-7-9-11-13-23;1-21-14-16-25(17-15-21)28-20-24-18-22(2)19-26(27(24)29)23-12-10-8-6-4-3-5-7-9-11-13-23;1-20-13-15-23(16-14-20)27-19-22-17-24(28(30)31)18-25(26(22)29)21-11-9-7-5-3-2-4-6-8-10-12-21;;;;;;;;;/h16,19-21,23-24,29H,3-15,17-18H2,1-2H3;18-21,23,25,29H,3-17H2,1-2H3;17-21,23,29H,2-16H2,1H3;6*1H;;;/q;;;;;;;;;3*+2/p-6. The van der Waals surface area contributed by atoms with Crippen molar-refractivity contribution in [2.24, 2.45) is 32.7 Å². The summed E-state index contributed by atoms with van der Waals surface area (Å²) in [6.07, 6.45) is 62.6. The summed E-state index contributed by atoms with van der Waals surface area (Å²) >= 11 is -2.48. The van der Waals surface area contributed by atoms with E-state index in [1.54, 1.807) is 12.3 Å². The quantitative estimate of drug-likeness (QED) is 0.105. The van der Waals surface area contributed by atoms with Crippen molar-refractivity contribution in [2.75, 3.05) is 0 Å². The molecule has 18 heteroatoms. The van der Waals surface area contributed by atoms with Gasteiger partial charge in [0, 0.05) is 71.2 Å². The molecule has 6 saturated carbocycles. The second-order valence-electron chi connectivity index (χ2n) is 29.9. The number of aliphatic imine (C=N–C) groups is 3. The number of phenols is 3. The topological polar surface area (TPSA) is 141 Å². The van der Waals surface area contributed by atoms with Crippen molar-refractivity contribution < 1.29 is 82.8 Å². The van der Waals surface area contributed by atoms with Gasteiger partial charge in [-0.25, -0.2) is 0 Å². The summed E-state index contributed by atoms with van der Waals surface area (Å²) in [7, 11) is 29.6. The molecule has 3 aromatic rings. The van der Waals surface area contributed by atoms with Gasteiger partial charge < -0.3 is 15.3 Å². The molecule has 550 valence electrons. The van der Waals surface area contributed by atoms with Crippen LogP contribution in [0.15, 0.2) is 51.4 Å². The first kappa shape index (κ1) is 90.3. The number of rotatable bonds is 10. The van der Waals surface area contributed by atoms with E-state index in [1.165, 1.54) is 273 Å². The van der Waals surface area contributed by atoms with E-state index in [1.807, 2.05) is 12.4 Å². The molecule has 3 aromatic carbocycles. The van der Waals surface area contributed by atoms with Crippen molar-refractivity contribution >= 4 is 75.4 Å². The van der Waals surface area contributed by atoms with E-state index in [0.717, 1.165) is 78.5 Å². The number of halogens is 6. The molecule has 6 aliphatic rings. The number of nitrogens with zero attached hydrogens (tertiary/aromatic N) is 4. The van der Waals surface area contributed by atoms with Crippen molar-refractivity contribution in [1.29, 1.82) is 0 Å². The van der Waals surface area contributed by atoms with Gasteiger partial charge in [-0.05, 0) is 193 Å². The van der Waals surface area contributed by atoms with Gasteiger partial charge >= 0.3 is 114 Å². The average Bonchev–Trinajstić information content (AvgIpc) is 0.830. The van der Waals surface area contributed by atoms with Crippen LogP contribution in [0.3, 0.4) is 0 Å². The van der Waals surface area contributed by atoms with Crippen LogP contribution in [0.25, 0.3) is 0 Å². The molecular formula is C80H126Cl6N4O5Zr3. The molecule has 9 nitrogen and oxygen atoms in total. The van der Waals surface area contributed by atoms with E-state index in [9.17, 15) is 25.4 Å². The molecule has 0 heterocycles. The SMILES string of the molecule is CC1CCC(N=Cc2cc([N+](=O)[O-])cc(C3CCCCCCCCCCC3)c2O)CC1.Cc1cc(C=NC2CCC(C)CC2)c(O)c(C2CCCCCCCCCCC2)c1.Cc1ccc(C2CCCCCCCCCCC2)c(O)c1C=NC1CCC(C)CC1.[Cl][Zr][Cl].[Cl][Zr][Cl].[Cl][Zr][Cl]. The van der Waals surface area contributed by atoms with E-state index in [0.29, 0.717) is 41.0 Å². The minimum atomic E-state index is -0.826. The average molecular weight is 1710 g/mol. The van der Waals surface area contributed by atoms with Gasteiger partial charge in [0.05, 0.1) is 4.92 Å². The zero-order valence-electron chi connectivity index (χ0n) is 60.9. The van der Waals surface area contributed by atoms with Gasteiger partial charge in [-0.3, -0.25) is 25.1 Å². The molecule has 0 amide bonds. The fraction of sp³-hybridized carbons (Fsp3) is 0.738. The van der Waals surface area contributed by atoms with Crippen molar-refractivity contribution in [3.8, 4) is 17.2 Å². The number of benzene rings is 3. The molecular weight excluding hydrogens is 1580 g/mol. The van der Waals surface area contributed by atoms with Gasteiger partial charge in [0.25, 0.3) is 5.69 Å². The van der Waals surface area contributed by atoms with Crippen LogP contribution in [0.5, 0.6) is 17.2 Å². The summed E-state index contributed by atoms with van der Waals surface area (Å²) in [5.41, 5.74) is 7.98. The Labute approximate surface area is 651 Å². The Bertz CT molecular complexity index is 2650. The summed E-state index contributed by atoms with van der Waals surface area (Å²) in [6, 6.07) is 13.0. The second-order valence-corrected chi connectivity index (χ2v) is 41.1. The van der Waals surface area contributed by atoms with Crippen LogP contribution < -0.4 is 0 Å². The van der Waals surface area contributed by atoms with Gasteiger partial charge in [-0.1, -0.05) is 212 Å². The van der Waals surface area contributed by atoms with E-state index >= 15 is 0 Å². The molecule has 6 aliphatic carbocycles. The minimum absolute atomic E-state index is 0.0673. The van der Waals surface area contributed by atoms with E-state index in [2.05, 4.69) is 58.9 Å². The van der Waals surface area contributed by atoms with Crippen LogP contribution in [0.1, 0.15) is 372 Å². The van der Waals surface area contributed by atoms with E-state index < -0.39 is 62.5 Å². The van der Waals surface area contributed by atoms with E-state index in [-0.39, 0.29) is 28.3 Å². The normalized spacial score (nSPS) is 23.8. The first-order valence-corrected chi connectivity index (χ1v) is 57.7. The molecule has 0 unspecified atom stereocenters. The first-order valence-electron chi connectivity index (χ1n) is 38.7. The maximum absolute atomic E-state index is 11.6. The van der Waals surface area contributed by atoms with Gasteiger partial charge in [0.1, 0.15) is 17.2 Å². The molecule has 3 N–H and O–H groups in total. The van der Waals surface area contributed by atoms with Crippen molar-refractivity contribution in [1.82, 2.24) is 0 Å². The Balaban J connectivity index is 0.000000294. The number of hydrogen-bond acceptors (Lipinski definition) is 8. The van der Waals surface area contributed by atoms with Crippen LogP contribution in [0.2, 0.25) is 0 Å². The third-order valence-corrected chi connectivity index (χ3v) is 22.0. The molecule has 0 bridgehead atoms. The maximum atomic E-state index is 11.6. The van der Waals surface area contributed by atoms with Crippen LogP contribution in [0.4, 0.5) is 5.69 Å². The Morgan fingerprint density at radius 3 is 0.969 bits per heavy atom. The van der Waals surface area contributed by atoms with Gasteiger partial charge in [0.15, 0.2) is 0 Å². The first-order chi connectivity index (χ1) is 47.6. The van der Waals surface area contributed by atoms with Crippen LogP contribution in [0, 0.1) is 41.7 Å². The monoisotopic (exact) mass is 1700 g/mol. The molecule has 0 spiro atoms. The Morgan fingerprint density at radius 1 is 0.378 bits per heavy atom. The van der Waals surface area contributed by atoms with Gasteiger partial charge in [-0.15, -0.1) is 0 Å². The summed E-state index contributed by atoms with van der Waals surface area (Å²) in [6.45, 7) is 11.2. The van der Waals surface area contributed by atoms with Crippen LogP contribution in [-0.4, -0.2) is 57.0 Å². The molecule has 6 fully saturated rings. The Morgan fingerprint density at radius 2 is 0.653 bits per heavy atom. The number of non-ortho nitro benzene ring substituents is 1. The molecule has 0 saturated heterocycles. The molecule has 0 radical (unpaired) electrons. The summed E-state index contributed by atoms with van der Waals surface area (Å²) in [5, 5.41) is 45.0. The summed E-state index contributed by atoms with van der Waals surface area (Å²) in [4.78, 5) is 25.8. The molecule has 0 aromatic heterocycles. The third kappa shape index (κ3) is 37.4. The molecule has 98 heavy (non-hydrogen) atoms. The van der Waals surface area contributed by atoms with Gasteiger partial charge in [0.2, 0.25) is 0 Å². The van der Waals surface area contributed by atoms with Crippen LogP contribution in [-0.2, 0) is 62.5 Å². The van der Waals surface area contributed by atoms with Crippen molar-refractivity contribution in [2.45, 2.75) is 359 Å². The molecule has 0 aliphatic heterocycles. The number of aryl methyl sites for hydroxylation is 2. The summed E-state index contributed by atoms with van der Waals surface area (Å²) < 4.78 is 0. The van der Waals surface area contributed by atoms with E-state index in [4.69, 9.17) is 66.1 Å². The molecule has 9 rings (SSSR count). The summed E-state index contributed by atoms with van der Waals surface area (Å²) in [5.74, 6) is 4.84. The number of nitro groups is 1. The zero-order chi connectivity index (χ0) is 71.1. The fourth-order valence-corrected chi connectivity index (χ4v) is 15.8. The number of phenolic OH excluding ortho intramolecular Hbond substituents is 3.